The molecule has 0 radical (unpaired) electrons. The summed E-state index contributed by atoms with van der Waals surface area (Å²) in [5.74, 6) is 0.660. The number of fused-ring (bicyclic) bond motifs is 1. The molecule has 3 heterocycles. The minimum atomic E-state index is -0.651. The highest BCUT2D eigenvalue weighted by Crippen LogP contribution is 2.33. The van der Waals surface area contributed by atoms with Gasteiger partial charge in [-0.1, -0.05) is 6.07 Å². The van der Waals surface area contributed by atoms with Gasteiger partial charge in [0.2, 0.25) is 5.95 Å². The number of amides is 3. The number of piperazine rings is 1. The predicted molar refractivity (Wildman–Crippen MR) is 152 cm³/mol. The van der Waals surface area contributed by atoms with Gasteiger partial charge in [-0.05, 0) is 55.4 Å². The lowest BCUT2D eigenvalue weighted by Gasteiger charge is -2.35. The molecular formula is C28H33FN8O2. The molecule has 204 valence electrons. The molecule has 10 nitrogen and oxygen atoms in total. The van der Waals surface area contributed by atoms with Crippen molar-refractivity contribution in [2.45, 2.75) is 20.1 Å². The first kappa shape index (κ1) is 26.4. The van der Waals surface area contributed by atoms with E-state index in [1.807, 2.05) is 25.1 Å². The monoisotopic (exact) mass is 532 g/mol. The first-order valence-corrected chi connectivity index (χ1v) is 12.9. The van der Waals surface area contributed by atoms with E-state index in [1.165, 1.54) is 4.90 Å². The quantitative estimate of drug-likeness (QED) is 0.497. The van der Waals surface area contributed by atoms with Crippen molar-refractivity contribution >= 4 is 40.8 Å². The molecular weight excluding hydrogens is 499 g/mol. The number of likely N-dealkylation sites (N-methyl/N-ethyl adjacent to an activating group) is 1. The highest BCUT2D eigenvalue weighted by atomic mass is 19.1. The Labute approximate surface area is 227 Å². The molecule has 1 aromatic heterocycles. The second-order valence-electron chi connectivity index (χ2n) is 9.99. The van der Waals surface area contributed by atoms with Crippen LogP contribution in [0.2, 0.25) is 0 Å². The number of carbonyl (C=O) groups is 2. The largest absolute Gasteiger partial charge is 0.369 e. The summed E-state index contributed by atoms with van der Waals surface area (Å²) in [5, 5.41) is 5.84. The minimum absolute atomic E-state index is 0.234. The van der Waals surface area contributed by atoms with Crippen LogP contribution >= 0.6 is 0 Å². The Balaban J connectivity index is 1.39. The molecule has 0 atom stereocenters. The Morgan fingerprint density at radius 2 is 1.85 bits per heavy atom. The molecule has 2 aliphatic rings. The van der Waals surface area contributed by atoms with Crippen molar-refractivity contribution in [3.8, 4) is 0 Å². The lowest BCUT2D eigenvalue weighted by atomic mass is 10.1. The van der Waals surface area contributed by atoms with Crippen LogP contribution in [-0.2, 0) is 13.2 Å². The van der Waals surface area contributed by atoms with E-state index in [4.69, 9.17) is 0 Å². The topological polar surface area (TPSA) is 96.9 Å². The fourth-order valence-electron chi connectivity index (χ4n) is 4.93. The third-order valence-electron chi connectivity index (χ3n) is 7.25. The average Bonchev–Trinajstić information content (AvgIpc) is 2.96. The Kier molecular flexibility index (Phi) is 7.34. The zero-order valence-electron chi connectivity index (χ0n) is 22.7. The number of aromatic nitrogens is 2. The van der Waals surface area contributed by atoms with Crippen molar-refractivity contribution in [2.24, 2.45) is 0 Å². The van der Waals surface area contributed by atoms with Crippen molar-refractivity contribution in [3.63, 3.8) is 0 Å². The lowest BCUT2D eigenvalue weighted by Crippen LogP contribution is -2.46. The molecule has 11 heteroatoms. The number of benzene rings is 2. The average molecular weight is 533 g/mol. The number of carbonyl (C=O) groups excluding carboxylic acids is 2. The summed E-state index contributed by atoms with van der Waals surface area (Å²) >= 11 is 0. The number of anilines is 5. The van der Waals surface area contributed by atoms with Gasteiger partial charge >= 0.3 is 6.03 Å². The van der Waals surface area contributed by atoms with Gasteiger partial charge in [-0.25, -0.2) is 14.2 Å². The number of halogens is 1. The van der Waals surface area contributed by atoms with E-state index in [2.05, 4.69) is 37.4 Å². The number of hydrogen-bond donors (Lipinski definition) is 2. The van der Waals surface area contributed by atoms with Crippen LogP contribution in [0.25, 0.3) is 0 Å². The zero-order valence-corrected chi connectivity index (χ0v) is 22.7. The van der Waals surface area contributed by atoms with Crippen molar-refractivity contribution < 1.29 is 14.0 Å². The number of aryl methyl sites for hydroxylation is 1. The third kappa shape index (κ3) is 5.35. The minimum Gasteiger partial charge on any atom is -0.369 e. The van der Waals surface area contributed by atoms with Gasteiger partial charge in [-0.15, -0.1) is 0 Å². The van der Waals surface area contributed by atoms with E-state index in [-0.39, 0.29) is 11.9 Å². The predicted octanol–water partition coefficient (Wildman–Crippen LogP) is 3.88. The molecule has 0 spiro atoms. The number of nitrogens with one attached hydrogen (secondary N) is 2. The van der Waals surface area contributed by atoms with Gasteiger partial charge in [0.1, 0.15) is 12.5 Å². The summed E-state index contributed by atoms with van der Waals surface area (Å²) in [7, 11) is 5.48. The maximum atomic E-state index is 13.7. The molecule has 0 unspecified atom stereocenters. The van der Waals surface area contributed by atoms with E-state index >= 15 is 0 Å². The van der Waals surface area contributed by atoms with Crippen molar-refractivity contribution in [3.05, 3.63) is 64.8 Å². The molecule has 39 heavy (non-hydrogen) atoms. The standard InChI is InChI=1S/C28H33FN8O2/c1-18-5-6-22(14-24(18)37-17-21-16-31-27(30-2)33-25(21)35(4)28(37)39)32-26(38)20-11-19(15-29)12-23(13-20)36-9-7-34(3)8-10-36/h5-6,11-14,16H,7-10,15,17H2,1-4H3,(H,32,38)(H,30,31,33). The molecule has 1 saturated heterocycles. The third-order valence-corrected chi connectivity index (χ3v) is 7.25. The lowest BCUT2D eigenvalue weighted by molar-refractivity contribution is 0.102. The second-order valence-corrected chi connectivity index (χ2v) is 9.99. The van der Waals surface area contributed by atoms with Crippen LogP contribution in [0, 0.1) is 6.92 Å². The van der Waals surface area contributed by atoms with Crippen LogP contribution in [0.3, 0.4) is 0 Å². The SMILES string of the molecule is CNc1ncc2c(n1)N(C)C(=O)N(c1cc(NC(=O)c3cc(CF)cc(N4CCN(C)CC4)c3)ccc1C)C2. The van der Waals surface area contributed by atoms with Crippen LogP contribution in [-0.4, -0.2) is 74.1 Å². The summed E-state index contributed by atoms with van der Waals surface area (Å²) < 4.78 is 13.7. The Bertz CT molecular complexity index is 1410. The molecule has 0 aliphatic carbocycles. The number of nitrogens with zero attached hydrogens (tertiary/aromatic N) is 6. The van der Waals surface area contributed by atoms with Crippen LogP contribution in [0.5, 0.6) is 0 Å². The van der Waals surface area contributed by atoms with E-state index in [0.29, 0.717) is 40.8 Å². The smallest absolute Gasteiger partial charge is 0.330 e. The summed E-state index contributed by atoms with van der Waals surface area (Å²) in [6.45, 7) is 5.01. The van der Waals surface area contributed by atoms with Gasteiger partial charge < -0.3 is 20.4 Å². The van der Waals surface area contributed by atoms with Crippen molar-refractivity contribution in [2.75, 3.05) is 72.7 Å². The van der Waals surface area contributed by atoms with Gasteiger partial charge in [0, 0.05) is 69.0 Å². The Morgan fingerprint density at radius 3 is 2.56 bits per heavy atom. The first-order valence-electron chi connectivity index (χ1n) is 12.9. The fourth-order valence-corrected chi connectivity index (χ4v) is 4.93. The highest BCUT2D eigenvalue weighted by Gasteiger charge is 2.31. The molecule has 2 N–H and O–H groups in total. The van der Waals surface area contributed by atoms with E-state index in [0.717, 1.165) is 43.0 Å². The highest BCUT2D eigenvalue weighted by molar-refractivity contribution is 6.07. The Morgan fingerprint density at radius 1 is 1.08 bits per heavy atom. The summed E-state index contributed by atoms with van der Waals surface area (Å²) in [6.07, 6.45) is 1.71. The molecule has 3 amide bonds. The Hall–Kier alpha value is -4.25. The molecule has 2 aliphatic heterocycles. The van der Waals surface area contributed by atoms with Crippen LogP contribution < -0.4 is 25.3 Å². The normalized spacial score (nSPS) is 15.8. The van der Waals surface area contributed by atoms with Gasteiger partial charge in [-0.2, -0.15) is 4.98 Å². The van der Waals surface area contributed by atoms with Gasteiger partial charge in [0.15, 0.2) is 0 Å². The zero-order chi connectivity index (χ0) is 27.7. The van der Waals surface area contributed by atoms with Gasteiger partial charge in [0.05, 0.1) is 12.2 Å². The van der Waals surface area contributed by atoms with Crippen LogP contribution in [0.15, 0.2) is 42.6 Å². The number of hydrogen-bond acceptors (Lipinski definition) is 7. The maximum absolute atomic E-state index is 13.7. The number of alkyl halides is 1. The number of rotatable bonds is 6. The van der Waals surface area contributed by atoms with Crippen molar-refractivity contribution in [1.82, 2.24) is 14.9 Å². The van der Waals surface area contributed by atoms with E-state index < -0.39 is 6.67 Å². The van der Waals surface area contributed by atoms with Crippen LogP contribution in [0.4, 0.5) is 38.0 Å². The molecule has 3 aromatic rings. The molecule has 5 rings (SSSR count). The molecule has 0 saturated carbocycles. The van der Waals surface area contributed by atoms with Gasteiger partial charge in [0.25, 0.3) is 5.91 Å². The van der Waals surface area contributed by atoms with Gasteiger partial charge in [-0.3, -0.25) is 14.6 Å². The molecule has 0 bridgehead atoms. The maximum Gasteiger partial charge on any atom is 0.330 e. The van der Waals surface area contributed by atoms with E-state index in [1.54, 1.807) is 43.4 Å². The first-order chi connectivity index (χ1) is 18.8. The molecule has 1 fully saturated rings. The van der Waals surface area contributed by atoms with Crippen molar-refractivity contribution in [1.29, 1.82) is 0 Å². The second kappa shape index (κ2) is 10.9. The fraction of sp³-hybridized carbons (Fsp3) is 0.357. The summed E-state index contributed by atoms with van der Waals surface area (Å²) in [6, 6.07) is 10.4. The van der Waals surface area contributed by atoms with E-state index in [9.17, 15) is 14.0 Å². The molecule has 2 aromatic carbocycles. The van der Waals surface area contributed by atoms with Crippen LogP contribution in [0.1, 0.15) is 27.0 Å². The summed E-state index contributed by atoms with van der Waals surface area (Å²) in [4.78, 5) is 42.9. The summed E-state index contributed by atoms with van der Waals surface area (Å²) in [5.41, 5.74) is 4.59. The number of urea groups is 1.